The minimum Gasteiger partial charge on any atom is -0.481 e. The van der Waals surface area contributed by atoms with Gasteiger partial charge in [0.2, 0.25) is 82.7 Å². The summed E-state index contributed by atoms with van der Waals surface area (Å²) in [7, 11) is 0. The first-order valence-electron chi connectivity index (χ1n) is 35.8. The van der Waals surface area contributed by atoms with Gasteiger partial charge >= 0.3 is 23.9 Å². The molecule has 0 aliphatic heterocycles. The number of thioether (sulfide) groups is 1. The lowest BCUT2D eigenvalue weighted by Gasteiger charge is -2.29. The molecule has 0 aliphatic rings. The third kappa shape index (κ3) is 39.3. The van der Waals surface area contributed by atoms with Gasteiger partial charge in [0, 0.05) is 38.5 Å². The van der Waals surface area contributed by atoms with E-state index in [4.69, 9.17) is 28.7 Å². The van der Waals surface area contributed by atoms with Crippen molar-refractivity contribution in [1.82, 2.24) is 63.8 Å². The van der Waals surface area contributed by atoms with E-state index in [0.717, 1.165) is 0 Å². The molecule has 110 heavy (non-hydrogen) atoms. The van der Waals surface area contributed by atoms with Crippen molar-refractivity contribution in [2.24, 2.45) is 40.5 Å². The van der Waals surface area contributed by atoms with Gasteiger partial charge < -0.3 is 123 Å². The van der Waals surface area contributed by atoms with E-state index in [1.54, 1.807) is 50.4 Å². The predicted octanol–water partition coefficient (Wildman–Crippen LogP) is -6.72. The smallest absolute Gasteiger partial charge is 0.326 e. The summed E-state index contributed by atoms with van der Waals surface area (Å²) in [4.78, 5) is 239. The normalized spacial score (nSPS) is 14.7. The highest BCUT2D eigenvalue weighted by atomic mass is 32.2. The molecule has 28 N–H and O–H groups in total. The summed E-state index contributed by atoms with van der Waals surface area (Å²) in [6.07, 6.45) is -4.56. The molecule has 1 aromatic rings. The molecule has 41 nitrogen and oxygen atoms in total. The Hall–Kier alpha value is -10.2. The number of amides is 14. The van der Waals surface area contributed by atoms with Crippen molar-refractivity contribution in [1.29, 1.82) is 0 Å². The zero-order valence-corrected chi connectivity index (χ0v) is 63.2. The molecule has 1 aromatic carbocycles. The van der Waals surface area contributed by atoms with Crippen molar-refractivity contribution in [3.63, 3.8) is 0 Å². The molecule has 0 aliphatic carbocycles. The van der Waals surface area contributed by atoms with E-state index in [2.05, 4.69) is 63.8 Å². The number of unbranched alkanes of at least 4 members (excludes halogenated alkanes) is 2. The van der Waals surface area contributed by atoms with Crippen LogP contribution in [0.5, 0.6) is 0 Å². The Morgan fingerprint density at radius 3 is 1.05 bits per heavy atom. The van der Waals surface area contributed by atoms with Crippen LogP contribution < -0.4 is 92.5 Å². The first-order valence-corrected chi connectivity index (χ1v) is 37.2. The number of carbonyl (C=O) groups is 18. The van der Waals surface area contributed by atoms with Gasteiger partial charge in [-0.3, -0.25) is 81.5 Å². The van der Waals surface area contributed by atoms with E-state index in [9.17, 15) is 117 Å². The van der Waals surface area contributed by atoms with Gasteiger partial charge in [0.15, 0.2) is 0 Å². The predicted molar refractivity (Wildman–Crippen MR) is 394 cm³/mol. The fraction of sp³-hybridized carbons (Fsp3) is 0.647. The average Bonchev–Trinajstić information content (AvgIpc) is 0.858. The summed E-state index contributed by atoms with van der Waals surface area (Å²) in [6, 6.07) is -12.9. The van der Waals surface area contributed by atoms with Gasteiger partial charge in [-0.1, -0.05) is 58.0 Å². The highest BCUT2D eigenvalue weighted by Gasteiger charge is 2.39. The molecule has 0 saturated heterocycles. The highest BCUT2D eigenvalue weighted by molar-refractivity contribution is 7.98. The van der Waals surface area contributed by atoms with Crippen LogP contribution in [0.15, 0.2) is 30.3 Å². The van der Waals surface area contributed by atoms with Gasteiger partial charge in [0.1, 0.15) is 78.5 Å². The molecule has 618 valence electrons. The zero-order valence-electron chi connectivity index (χ0n) is 62.3. The molecule has 0 spiro atoms. The number of benzene rings is 1. The van der Waals surface area contributed by atoms with E-state index in [0.29, 0.717) is 5.56 Å². The summed E-state index contributed by atoms with van der Waals surface area (Å²) in [5.74, 6) is -21.8. The molecule has 0 heterocycles. The number of carbonyl (C=O) groups excluding carboxylic acids is 14. The lowest BCUT2D eigenvalue weighted by Crippen LogP contribution is -2.61. The van der Waals surface area contributed by atoms with Crippen LogP contribution in [0, 0.1) is 11.8 Å². The zero-order chi connectivity index (χ0) is 83.3. The minimum atomic E-state index is -1.98. The third-order valence-corrected chi connectivity index (χ3v) is 17.3. The number of aliphatic hydroxyl groups excluding tert-OH is 2. The molecular formula is C68H111N17O24S. The summed E-state index contributed by atoms with van der Waals surface area (Å²) >= 11 is 1.23. The van der Waals surface area contributed by atoms with E-state index in [1.165, 1.54) is 25.6 Å². The molecule has 14 amide bonds. The number of carboxylic acids is 4. The summed E-state index contributed by atoms with van der Waals surface area (Å²) < 4.78 is 0. The Kier molecular flexibility index (Phi) is 47.0. The van der Waals surface area contributed by atoms with E-state index in [-0.39, 0.29) is 82.5 Å². The van der Waals surface area contributed by atoms with E-state index < -0.39 is 268 Å². The first-order chi connectivity index (χ1) is 51.8. The molecular weight excluding hydrogens is 1470 g/mol. The fourth-order valence-corrected chi connectivity index (χ4v) is 11.0. The van der Waals surface area contributed by atoms with Crippen LogP contribution in [0.25, 0.3) is 0 Å². The first kappa shape index (κ1) is 97.8. The Morgan fingerprint density at radius 1 is 0.373 bits per heavy atom. The van der Waals surface area contributed by atoms with Gasteiger partial charge in [-0.25, -0.2) is 4.79 Å². The Bertz CT molecular complexity index is 3260. The van der Waals surface area contributed by atoms with Crippen molar-refractivity contribution in [2.45, 2.75) is 228 Å². The maximum absolute atomic E-state index is 14.4. The second-order valence-electron chi connectivity index (χ2n) is 26.7. The summed E-state index contributed by atoms with van der Waals surface area (Å²) in [5, 5.41) is 87.4. The van der Waals surface area contributed by atoms with Crippen LogP contribution in [0.2, 0.25) is 0 Å². The second kappa shape index (κ2) is 52.8. The van der Waals surface area contributed by atoms with Crippen molar-refractivity contribution >= 4 is 118 Å². The van der Waals surface area contributed by atoms with Gasteiger partial charge in [-0.15, -0.1) is 0 Å². The lowest BCUT2D eigenvalue weighted by atomic mass is 10.00. The van der Waals surface area contributed by atoms with Gasteiger partial charge in [0.05, 0.1) is 13.2 Å². The van der Waals surface area contributed by atoms with Crippen LogP contribution in [0.4, 0.5) is 0 Å². The van der Waals surface area contributed by atoms with Crippen molar-refractivity contribution in [3.05, 3.63) is 35.9 Å². The van der Waals surface area contributed by atoms with Crippen LogP contribution in [0.3, 0.4) is 0 Å². The van der Waals surface area contributed by atoms with Crippen molar-refractivity contribution < 1.29 is 117 Å². The Balaban J connectivity index is 3.68. The average molecular weight is 1580 g/mol. The number of rotatable bonds is 58. The summed E-state index contributed by atoms with van der Waals surface area (Å²) in [6.45, 7) is 4.49. The lowest BCUT2D eigenvalue weighted by molar-refractivity contribution is -0.143. The van der Waals surface area contributed by atoms with Gasteiger partial charge in [-0.05, 0) is 126 Å². The van der Waals surface area contributed by atoms with Crippen molar-refractivity contribution in [2.75, 3.05) is 38.3 Å². The van der Waals surface area contributed by atoms with Gasteiger partial charge in [0.25, 0.3) is 0 Å². The molecule has 13 atom stereocenters. The fourth-order valence-electron chi connectivity index (χ4n) is 10.6. The molecule has 0 bridgehead atoms. The molecule has 0 saturated carbocycles. The topological polar surface area (TPSA) is 703 Å². The SMILES string of the molecule is CSCC[C@H](NC(=O)[C@H](CCC(=O)O)NC(=O)[C@H](CC(C)C)NC(=O)[C@H](Cc1ccccc1)NC(=O)[C@@H](N)CO)C(=O)N[C@@H](CCCCN)C(=O)N[C@@H](CO)C(=O)N[C@@H](CCC(=O)O)C(=O)N[C@@H](CCCCN)C(=O)N[C@@H](CCC(N)=O)C(=O)N[C@H](C(=O)N[C@@H](CCC(=O)O)C(=O)N[C@@H](CCC(N)=O)C(=O)O)C(C)C. The monoisotopic (exact) mass is 1580 g/mol. The number of primary amides is 2. The van der Waals surface area contributed by atoms with Crippen LogP contribution in [0.1, 0.15) is 149 Å². The Labute approximate surface area is 639 Å². The molecule has 0 unspecified atom stereocenters. The molecule has 42 heteroatoms. The van der Waals surface area contributed by atoms with Crippen LogP contribution in [-0.4, -0.2) is 254 Å². The molecule has 1 rings (SSSR count). The largest absolute Gasteiger partial charge is 0.481 e. The van der Waals surface area contributed by atoms with Crippen molar-refractivity contribution in [3.8, 4) is 0 Å². The third-order valence-electron chi connectivity index (χ3n) is 16.7. The second-order valence-corrected chi connectivity index (χ2v) is 27.7. The number of aliphatic hydroxyl groups is 2. The maximum Gasteiger partial charge on any atom is 0.326 e. The summed E-state index contributed by atoms with van der Waals surface area (Å²) in [5.41, 5.74) is 28.4. The number of nitrogens with one attached hydrogen (secondary N) is 12. The molecule has 0 aromatic heterocycles. The quantitative estimate of drug-likeness (QED) is 0.0270. The van der Waals surface area contributed by atoms with E-state index >= 15 is 0 Å². The van der Waals surface area contributed by atoms with Gasteiger partial charge in [-0.2, -0.15) is 11.8 Å². The minimum absolute atomic E-state index is 0.0528. The maximum atomic E-state index is 14.4. The number of aliphatic carboxylic acids is 4. The molecule has 0 radical (unpaired) electrons. The van der Waals surface area contributed by atoms with Crippen LogP contribution in [-0.2, 0) is 92.7 Å². The van der Waals surface area contributed by atoms with E-state index in [1.807, 2.05) is 0 Å². The number of carboxylic acid groups (broad SMARTS) is 4. The molecule has 0 fully saturated rings. The number of nitrogens with two attached hydrogens (primary N) is 5. The highest BCUT2D eigenvalue weighted by Crippen LogP contribution is 2.15. The standard InChI is InChI=1S/C68H111N17O24S/c1-35(2)31-47(83-65(105)48(82-56(96)38(71)33-86)32-37-13-7-6-8-14-37)64(104)77-42(19-24-52(90)91)60(100)79-45(27-30-110-5)62(102)75-40(16-10-12-29-70)58(98)84-49(34-87)66(106)78-43(20-25-53(92)93)59(99)74-39(15-9-11-28-69)57(97)76-41(17-22-50(72)88)63(103)85-55(36(3)4)67(107)80-44(21-26-54(94)95)61(101)81-46(68(108)109)18-23-51(73)89/h6-8,13-14,35-36,38-49,55,86-87H,9-12,15-34,69-71H2,1-5H3,(H2,72,88)(H2,73,89)(H,74,99)(H,75,102)(H,76,97)(H,77,104)(H,78,106)(H,79,100)(H,80,107)(H,81,101)(H,82,96)(H,83,105)(H,84,98)(H,85,103)(H,90,91)(H,92,93)(H,94,95)(H,108,109)/t38-,39-,40-,41-,42-,43-,44-,45-,46-,47-,48-,49-,55-/m0/s1. The Morgan fingerprint density at radius 2 is 0.691 bits per heavy atom. The number of hydrogen-bond donors (Lipinski definition) is 23. The number of hydrogen-bond acceptors (Lipinski definition) is 24. The van der Waals surface area contributed by atoms with Crippen LogP contribution >= 0.6 is 11.8 Å².